The molecular formula is C10H15N3O4S. The van der Waals surface area contributed by atoms with Gasteiger partial charge in [0.2, 0.25) is 5.91 Å². The zero-order chi connectivity index (χ0) is 13.4. The number of amides is 1. The van der Waals surface area contributed by atoms with Crippen molar-refractivity contribution in [2.45, 2.75) is 0 Å². The largest absolute Gasteiger partial charge is 0.465 e. The highest BCUT2D eigenvalue weighted by atomic mass is 32.1. The number of anilines is 1. The van der Waals surface area contributed by atoms with Crippen LogP contribution in [0, 0.1) is 0 Å². The van der Waals surface area contributed by atoms with E-state index in [2.05, 4.69) is 20.4 Å². The lowest BCUT2D eigenvalue weighted by atomic mass is 10.5. The molecule has 1 amide bonds. The number of ether oxygens (including phenoxy) is 2. The van der Waals surface area contributed by atoms with Crippen molar-refractivity contribution in [3.63, 3.8) is 0 Å². The first-order valence-electron chi connectivity index (χ1n) is 5.21. The molecule has 2 N–H and O–H groups in total. The third-order valence-electron chi connectivity index (χ3n) is 1.92. The maximum absolute atomic E-state index is 11.3. The number of hydrogen-bond acceptors (Lipinski definition) is 7. The summed E-state index contributed by atoms with van der Waals surface area (Å²) in [5, 5.41) is 5.97. The van der Waals surface area contributed by atoms with Gasteiger partial charge in [-0.25, -0.2) is 9.78 Å². The lowest BCUT2D eigenvalue weighted by molar-refractivity contribution is -0.119. The lowest BCUT2D eigenvalue weighted by Gasteiger charge is -2.04. The van der Waals surface area contributed by atoms with Gasteiger partial charge in [0.25, 0.3) is 0 Å². The van der Waals surface area contributed by atoms with Crippen molar-refractivity contribution in [3.8, 4) is 0 Å². The molecular weight excluding hydrogens is 258 g/mol. The van der Waals surface area contributed by atoms with Crippen LogP contribution in [0.15, 0.2) is 6.20 Å². The number of carbonyl (C=O) groups is 2. The Kier molecular flexibility index (Phi) is 6.09. The molecule has 0 aromatic carbocycles. The van der Waals surface area contributed by atoms with Gasteiger partial charge in [0, 0.05) is 13.7 Å². The Morgan fingerprint density at radius 2 is 2.22 bits per heavy atom. The predicted molar refractivity (Wildman–Crippen MR) is 66.8 cm³/mol. The van der Waals surface area contributed by atoms with Crippen LogP contribution in [-0.2, 0) is 14.3 Å². The summed E-state index contributed by atoms with van der Waals surface area (Å²) in [6.07, 6.45) is 1.40. The molecule has 1 aromatic rings. The molecule has 0 bridgehead atoms. The fraction of sp³-hybridized carbons (Fsp3) is 0.500. The zero-order valence-corrected chi connectivity index (χ0v) is 11.0. The summed E-state index contributed by atoms with van der Waals surface area (Å²) in [7, 11) is 2.87. The molecule has 0 saturated carbocycles. The summed E-state index contributed by atoms with van der Waals surface area (Å²) in [4.78, 5) is 26.9. The van der Waals surface area contributed by atoms with Crippen molar-refractivity contribution in [2.75, 3.05) is 39.2 Å². The lowest BCUT2D eigenvalue weighted by Crippen LogP contribution is -2.32. The topological polar surface area (TPSA) is 89.5 Å². The minimum absolute atomic E-state index is 0.0951. The van der Waals surface area contributed by atoms with Crippen LogP contribution in [0.1, 0.15) is 9.67 Å². The maximum Gasteiger partial charge on any atom is 0.349 e. The molecule has 0 atom stereocenters. The first kappa shape index (κ1) is 14.4. The summed E-state index contributed by atoms with van der Waals surface area (Å²) in [6.45, 7) is 1.02. The van der Waals surface area contributed by atoms with Crippen molar-refractivity contribution in [1.82, 2.24) is 10.3 Å². The van der Waals surface area contributed by atoms with E-state index in [1.54, 1.807) is 7.11 Å². The van der Waals surface area contributed by atoms with Gasteiger partial charge >= 0.3 is 5.97 Å². The number of methoxy groups -OCH3 is 2. The Morgan fingerprint density at radius 3 is 2.89 bits per heavy atom. The highest BCUT2D eigenvalue weighted by Gasteiger charge is 2.10. The van der Waals surface area contributed by atoms with E-state index in [1.807, 2.05) is 0 Å². The predicted octanol–water partition coefficient (Wildman–Crippen LogP) is 0.104. The average molecular weight is 273 g/mol. The molecule has 0 aliphatic carbocycles. The van der Waals surface area contributed by atoms with Gasteiger partial charge in [0.15, 0.2) is 5.13 Å². The number of nitrogens with zero attached hydrogens (tertiary/aromatic N) is 1. The average Bonchev–Trinajstić information content (AvgIpc) is 2.84. The second kappa shape index (κ2) is 7.62. The molecule has 0 spiro atoms. The summed E-state index contributed by atoms with van der Waals surface area (Å²) < 4.78 is 9.35. The molecule has 0 unspecified atom stereocenters. The van der Waals surface area contributed by atoms with E-state index < -0.39 is 5.97 Å². The molecule has 7 nitrogen and oxygen atoms in total. The summed E-state index contributed by atoms with van der Waals surface area (Å²) in [5.74, 6) is -0.605. The fourth-order valence-corrected chi connectivity index (χ4v) is 1.79. The van der Waals surface area contributed by atoms with Crippen molar-refractivity contribution in [2.24, 2.45) is 0 Å². The fourth-order valence-electron chi connectivity index (χ4n) is 1.06. The van der Waals surface area contributed by atoms with Gasteiger partial charge in [-0.2, -0.15) is 0 Å². The smallest absolute Gasteiger partial charge is 0.349 e. The zero-order valence-electron chi connectivity index (χ0n) is 10.2. The minimum atomic E-state index is -0.440. The standard InChI is InChI=1S/C10H15N3O4S/c1-16-4-3-11-8(14)6-13-10-12-5-7(18-10)9(15)17-2/h5H,3-4,6H2,1-2H3,(H,11,14)(H,12,13). The third kappa shape index (κ3) is 4.68. The Balaban J connectivity index is 2.32. The number of aromatic nitrogens is 1. The van der Waals surface area contributed by atoms with Gasteiger partial charge in [-0.1, -0.05) is 11.3 Å². The van der Waals surface area contributed by atoms with Crippen LogP contribution in [0.2, 0.25) is 0 Å². The van der Waals surface area contributed by atoms with Crippen LogP contribution in [0.25, 0.3) is 0 Å². The van der Waals surface area contributed by atoms with Crippen LogP contribution in [-0.4, -0.2) is 50.8 Å². The quantitative estimate of drug-likeness (QED) is 0.541. The van der Waals surface area contributed by atoms with E-state index in [0.717, 1.165) is 11.3 Å². The van der Waals surface area contributed by atoms with E-state index in [4.69, 9.17) is 4.74 Å². The molecule has 0 radical (unpaired) electrons. The number of carbonyl (C=O) groups excluding carboxylic acids is 2. The van der Waals surface area contributed by atoms with Gasteiger partial charge in [0.1, 0.15) is 4.88 Å². The molecule has 0 aliphatic rings. The number of esters is 1. The number of hydrogen-bond donors (Lipinski definition) is 2. The first-order valence-corrected chi connectivity index (χ1v) is 6.02. The Hall–Kier alpha value is -1.67. The molecule has 18 heavy (non-hydrogen) atoms. The van der Waals surface area contributed by atoms with Crippen molar-refractivity contribution in [1.29, 1.82) is 0 Å². The van der Waals surface area contributed by atoms with E-state index in [0.29, 0.717) is 23.2 Å². The SMILES string of the molecule is COCCNC(=O)CNc1ncc(C(=O)OC)s1. The Bertz CT molecular complexity index is 408. The van der Waals surface area contributed by atoms with Crippen molar-refractivity contribution in [3.05, 3.63) is 11.1 Å². The number of nitrogens with one attached hydrogen (secondary N) is 2. The molecule has 0 fully saturated rings. The van der Waals surface area contributed by atoms with Crippen LogP contribution in [0.4, 0.5) is 5.13 Å². The molecule has 100 valence electrons. The van der Waals surface area contributed by atoms with Gasteiger partial charge in [0.05, 0.1) is 26.5 Å². The van der Waals surface area contributed by atoms with E-state index in [9.17, 15) is 9.59 Å². The molecule has 1 heterocycles. The van der Waals surface area contributed by atoms with Gasteiger partial charge in [-0.05, 0) is 0 Å². The second-order valence-electron chi connectivity index (χ2n) is 3.22. The van der Waals surface area contributed by atoms with E-state index in [-0.39, 0.29) is 12.5 Å². The highest BCUT2D eigenvalue weighted by molar-refractivity contribution is 7.17. The summed E-state index contributed by atoms with van der Waals surface area (Å²) >= 11 is 1.13. The van der Waals surface area contributed by atoms with Crippen LogP contribution >= 0.6 is 11.3 Å². The normalized spacial score (nSPS) is 9.89. The Morgan fingerprint density at radius 1 is 1.44 bits per heavy atom. The van der Waals surface area contributed by atoms with Crippen molar-refractivity contribution >= 4 is 28.3 Å². The third-order valence-corrected chi connectivity index (χ3v) is 2.86. The molecule has 1 aromatic heterocycles. The molecule has 8 heteroatoms. The number of rotatable bonds is 7. The van der Waals surface area contributed by atoms with Crippen molar-refractivity contribution < 1.29 is 19.1 Å². The van der Waals surface area contributed by atoms with E-state index in [1.165, 1.54) is 13.3 Å². The van der Waals surface area contributed by atoms with Gasteiger partial charge < -0.3 is 20.1 Å². The van der Waals surface area contributed by atoms with Gasteiger partial charge in [-0.15, -0.1) is 0 Å². The van der Waals surface area contributed by atoms with Gasteiger partial charge in [-0.3, -0.25) is 4.79 Å². The summed E-state index contributed by atoms with van der Waals surface area (Å²) in [5.41, 5.74) is 0. The molecule has 1 rings (SSSR count). The first-order chi connectivity index (χ1) is 8.67. The molecule has 0 aliphatic heterocycles. The minimum Gasteiger partial charge on any atom is -0.465 e. The van der Waals surface area contributed by atoms with Crippen LogP contribution in [0.5, 0.6) is 0 Å². The van der Waals surface area contributed by atoms with Crippen LogP contribution in [0.3, 0.4) is 0 Å². The monoisotopic (exact) mass is 273 g/mol. The summed E-state index contributed by atoms with van der Waals surface area (Å²) in [6, 6.07) is 0. The maximum atomic E-state index is 11.3. The highest BCUT2D eigenvalue weighted by Crippen LogP contribution is 2.18. The van der Waals surface area contributed by atoms with Crippen LogP contribution < -0.4 is 10.6 Å². The second-order valence-corrected chi connectivity index (χ2v) is 4.25. The Labute approximate surface area is 108 Å². The number of thiazole rings is 1. The molecule has 0 saturated heterocycles. The van der Waals surface area contributed by atoms with E-state index >= 15 is 0 Å².